The van der Waals surface area contributed by atoms with E-state index in [1.165, 1.54) is 4.68 Å². The number of aromatic nitrogens is 4. The number of ketones is 1. The highest BCUT2D eigenvalue weighted by molar-refractivity contribution is 6.14. The summed E-state index contributed by atoms with van der Waals surface area (Å²) in [6.07, 6.45) is 0. The molecule has 0 radical (unpaired) electrons. The molecule has 0 aliphatic heterocycles. The Morgan fingerprint density at radius 3 is 2.07 bits per heavy atom. The Morgan fingerprint density at radius 2 is 1.40 bits per heavy atom. The molecule has 0 atom stereocenters. The number of hydrogen-bond donors (Lipinski definition) is 1. The highest BCUT2D eigenvalue weighted by Gasteiger charge is 2.23. The summed E-state index contributed by atoms with van der Waals surface area (Å²) in [7, 11) is 0. The lowest BCUT2D eigenvalue weighted by Gasteiger charge is -2.03. The fourth-order valence-corrected chi connectivity index (χ4v) is 3.39. The number of fused-ring (bicyclic) bond motifs is 1. The first-order valence-electron chi connectivity index (χ1n) is 9.46. The quantitative estimate of drug-likeness (QED) is 0.469. The zero-order valence-corrected chi connectivity index (χ0v) is 15.8. The molecule has 5 rings (SSSR count). The molecule has 2 heterocycles. The van der Waals surface area contributed by atoms with Gasteiger partial charge in [-0.05, 0) is 12.1 Å². The molecule has 2 aromatic heterocycles. The van der Waals surface area contributed by atoms with Gasteiger partial charge in [0.2, 0.25) is 5.78 Å². The third kappa shape index (κ3) is 3.00. The predicted molar refractivity (Wildman–Crippen MR) is 115 cm³/mol. The number of nitrogens with one attached hydrogen (secondary N) is 1. The first-order chi connectivity index (χ1) is 14.7. The van der Waals surface area contributed by atoms with Crippen molar-refractivity contribution in [2.75, 3.05) is 0 Å². The molecular weight excluding hydrogens is 376 g/mol. The maximum absolute atomic E-state index is 13.2. The van der Waals surface area contributed by atoms with Crippen molar-refractivity contribution in [2.45, 2.75) is 0 Å². The van der Waals surface area contributed by atoms with Crippen molar-refractivity contribution in [3.8, 4) is 17.1 Å². The average Bonchev–Trinajstić information content (AvgIpc) is 3.20. The van der Waals surface area contributed by atoms with Crippen LogP contribution in [0, 0.1) is 0 Å². The second kappa shape index (κ2) is 7.25. The average molecular weight is 392 g/mol. The molecule has 0 amide bonds. The number of rotatable bonds is 4. The highest BCUT2D eigenvalue weighted by Crippen LogP contribution is 2.23. The van der Waals surface area contributed by atoms with E-state index in [-0.39, 0.29) is 28.1 Å². The van der Waals surface area contributed by atoms with E-state index in [4.69, 9.17) is 0 Å². The number of benzene rings is 3. The molecule has 0 spiro atoms. The van der Waals surface area contributed by atoms with Gasteiger partial charge in [0.1, 0.15) is 11.3 Å². The zero-order valence-electron chi connectivity index (χ0n) is 15.8. The van der Waals surface area contributed by atoms with E-state index in [9.17, 15) is 9.59 Å². The van der Waals surface area contributed by atoms with Crippen LogP contribution in [-0.4, -0.2) is 25.5 Å². The van der Waals surface area contributed by atoms with Crippen LogP contribution in [0.3, 0.4) is 0 Å². The molecule has 5 aromatic rings. The van der Waals surface area contributed by atoms with E-state index in [1.807, 2.05) is 66.7 Å². The molecule has 0 aliphatic carbocycles. The number of carbonyl (C=O) groups excluding carboxylic acids is 1. The van der Waals surface area contributed by atoms with Crippen LogP contribution in [-0.2, 0) is 0 Å². The Bertz CT molecular complexity index is 1410. The van der Waals surface area contributed by atoms with Crippen molar-refractivity contribution in [1.82, 2.24) is 19.7 Å². The summed E-state index contributed by atoms with van der Waals surface area (Å²) in [5, 5.41) is 4.52. The Balaban J connectivity index is 1.81. The minimum atomic E-state index is -0.359. The number of aromatic amines is 1. The minimum Gasteiger partial charge on any atom is -0.305 e. The van der Waals surface area contributed by atoms with Crippen molar-refractivity contribution in [3.05, 3.63) is 113 Å². The fourth-order valence-electron chi connectivity index (χ4n) is 3.39. The summed E-state index contributed by atoms with van der Waals surface area (Å²) in [6, 6.07) is 27.4. The van der Waals surface area contributed by atoms with Crippen LogP contribution in [0.4, 0.5) is 0 Å². The molecular formula is C24H16N4O2. The van der Waals surface area contributed by atoms with E-state index >= 15 is 0 Å². The number of nitrogens with zero attached hydrogens (tertiary/aromatic N) is 3. The minimum absolute atomic E-state index is 0.142. The number of carbonyl (C=O) groups is 1. The molecule has 6 heteroatoms. The van der Waals surface area contributed by atoms with Crippen LogP contribution in [0.5, 0.6) is 0 Å². The molecule has 0 unspecified atom stereocenters. The predicted octanol–water partition coefficient (Wildman–Crippen LogP) is 4.01. The summed E-state index contributed by atoms with van der Waals surface area (Å²) in [6.45, 7) is 0. The van der Waals surface area contributed by atoms with Crippen LogP contribution in [0.25, 0.3) is 28.1 Å². The summed E-state index contributed by atoms with van der Waals surface area (Å²) in [4.78, 5) is 33.8. The third-order valence-electron chi connectivity index (χ3n) is 4.83. The number of H-pyrrole nitrogens is 1. The molecule has 0 fully saturated rings. The number of para-hydroxylation sites is 1. The lowest BCUT2D eigenvalue weighted by molar-refractivity contribution is 0.103. The second-order valence-corrected chi connectivity index (χ2v) is 6.77. The van der Waals surface area contributed by atoms with Crippen LogP contribution < -0.4 is 5.56 Å². The van der Waals surface area contributed by atoms with Gasteiger partial charge in [0.15, 0.2) is 11.2 Å². The lowest BCUT2D eigenvalue weighted by atomic mass is 10.1. The molecule has 0 bridgehead atoms. The Hall–Kier alpha value is -4.32. The van der Waals surface area contributed by atoms with Crippen molar-refractivity contribution in [3.63, 3.8) is 0 Å². The zero-order chi connectivity index (χ0) is 20.5. The Kier molecular flexibility index (Phi) is 4.29. The Morgan fingerprint density at radius 1 is 0.800 bits per heavy atom. The van der Waals surface area contributed by atoms with Gasteiger partial charge in [-0.3, -0.25) is 9.59 Å². The van der Waals surface area contributed by atoms with Gasteiger partial charge in [-0.15, -0.1) is 0 Å². The smallest absolute Gasteiger partial charge is 0.277 e. The molecule has 1 N–H and O–H groups in total. The van der Waals surface area contributed by atoms with Crippen molar-refractivity contribution >= 4 is 16.8 Å². The van der Waals surface area contributed by atoms with Crippen LogP contribution in [0.15, 0.2) is 95.8 Å². The maximum Gasteiger partial charge on any atom is 0.277 e. The van der Waals surface area contributed by atoms with Crippen molar-refractivity contribution in [1.29, 1.82) is 0 Å². The molecule has 144 valence electrons. The highest BCUT2D eigenvalue weighted by atomic mass is 16.1. The van der Waals surface area contributed by atoms with Gasteiger partial charge in [-0.2, -0.15) is 5.10 Å². The van der Waals surface area contributed by atoms with Crippen molar-refractivity contribution < 1.29 is 4.79 Å². The summed E-state index contributed by atoms with van der Waals surface area (Å²) in [5.41, 5.74) is 2.21. The van der Waals surface area contributed by atoms with Gasteiger partial charge < -0.3 is 4.98 Å². The van der Waals surface area contributed by atoms with Crippen molar-refractivity contribution in [2.24, 2.45) is 0 Å². The van der Waals surface area contributed by atoms with E-state index in [2.05, 4.69) is 15.1 Å². The van der Waals surface area contributed by atoms with E-state index in [0.717, 1.165) is 5.56 Å². The van der Waals surface area contributed by atoms with Crippen LogP contribution in [0.2, 0.25) is 0 Å². The van der Waals surface area contributed by atoms with E-state index in [1.54, 1.807) is 24.3 Å². The molecule has 6 nitrogen and oxygen atoms in total. The molecule has 0 saturated heterocycles. The monoisotopic (exact) mass is 392 g/mol. The topological polar surface area (TPSA) is 80.6 Å². The van der Waals surface area contributed by atoms with Crippen LogP contribution >= 0.6 is 0 Å². The van der Waals surface area contributed by atoms with Gasteiger partial charge in [0, 0.05) is 11.1 Å². The molecule has 0 aliphatic rings. The van der Waals surface area contributed by atoms with E-state index in [0.29, 0.717) is 17.1 Å². The van der Waals surface area contributed by atoms with Gasteiger partial charge in [-0.1, -0.05) is 78.9 Å². The normalized spacial score (nSPS) is 10.9. The summed E-state index contributed by atoms with van der Waals surface area (Å²) in [5.74, 6) is 0.107. The largest absolute Gasteiger partial charge is 0.305 e. The van der Waals surface area contributed by atoms with E-state index < -0.39 is 0 Å². The van der Waals surface area contributed by atoms with Gasteiger partial charge in [0.25, 0.3) is 5.56 Å². The third-order valence-corrected chi connectivity index (χ3v) is 4.83. The standard InChI is InChI=1S/C24H16N4O2/c29-22(16-10-4-1-5-11-16)20-19-21(28(27-20)18-14-8-3-9-15-18)24(30)26-23(25-19)17-12-6-2-7-13-17/h1-15H,(H,25,26,30). The lowest BCUT2D eigenvalue weighted by Crippen LogP contribution is -2.13. The maximum atomic E-state index is 13.2. The SMILES string of the molecule is O=C(c1ccccc1)c1nn(-c2ccccc2)c2c(=O)[nH]c(-c3ccccc3)nc12. The van der Waals surface area contributed by atoms with Gasteiger partial charge in [0.05, 0.1) is 5.69 Å². The number of hydrogen-bond acceptors (Lipinski definition) is 4. The summed E-state index contributed by atoms with van der Waals surface area (Å²) >= 11 is 0. The Labute approximate surface area is 171 Å². The first-order valence-corrected chi connectivity index (χ1v) is 9.46. The second-order valence-electron chi connectivity index (χ2n) is 6.77. The first kappa shape index (κ1) is 17.8. The van der Waals surface area contributed by atoms with Gasteiger partial charge >= 0.3 is 0 Å². The van der Waals surface area contributed by atoms with Gasteiger partial charge in [-0.25, -0.2) is 9.67 Å². The van der Waals surface area contributed by atoms with Crippen LogP contribution in [0.1, 0.15) is 16.1 Å². The molecule has 30 heavy (non-hydrogen) atoms. The summed E-state index contributed by atoms with van der Waals surface area (Å²) < 4.78 is 1.48. The molecule has 3 aromatic carbocycles. The molecule has 0 saturated carbocycles. The fraction of sp³-hybridized carbons (Fsp3) is 0.